The third-order valence-corrected chi connectivity index (χ3v) is 2.49. The summed E-state index contributed by atoms with van der Waals surface area (Å²) in [6.45, 7) is 2.85. The Morgan fingerprint density at radius 3 is 2.21 bits per heavy atom. The minimum Gasteiger partial charge on any atom is -0.512 e. The fraction of sp³-hybridized carbons (Fsp3) is 0.176. The molecule has 0 unspecified atom stereocenters. The Hall–Kier alpha value is -1.98. The van der Waals surface area contributed by atoms with E-state index in [1.54, 1.807) is 24.4 Å². The summed E-state index contributed by atoms with van der Waals surface area (Å²) < 4.78 is 36.9. The van der Waals surface area contributed by atoms with E-state index >= 15 is 0 Å². The van der Waals surface area contributed by atoms with Crippen molar-refractivity contribution in [2.45, 2.75) is 20.0 Å². The van der Waals surface area contributed by atoms with Gasteiger partial charge in [-0.3, -0.25) is 4.79 Å². The van der Waals surface area contributed by atoms with Gasteiger partial charge in [-0.15, -0.1) is 29.8 Å². The van der Waals surface area contributed by atoms with Crippen molar-refractivity contribution in [2.75, 3.05) is 0 Å². The SMILES string of the molecule is CC(=O)/C=C(/C)O.FC(F)(F)c1c[c-]c(-c2ccccn2)cc1.[Ir]. The average molecular weight is 515 g/mol. The summed E-state index contributed by atoms with van der Waals surface area (Å²) >= 11 is 0. The second kappa shape index (κ2) is 10.0. The van der Waals surface area contributed by atoms with E-state index in [1.165, 1.54) is 26.0 Å². The predicted molar refractivity (Wildman–Crippen MR) is 80.6 cm³/mol. The molecule has 1 heterocycles. The second-order valence-corrected chi connectivity index (χ2v) is 4.60. The molecule has 0 saturated heterocycles. The Bertz CT molecular complexity index is 664. The normalized spacial score (nSPS) is 11.0. The zero-order valence-electron chi connectivity index (χ0n) is 12.9. The van der Waals surface area contributed by atoms with E-state index in [1.807, 2.05) is 0 Å². The molecule has 0 aliphatic carbocycles. The number of rotatable bonds is 2. The molecule has 3 nitrogen and oxygen atoms in total. The van der Waals surface area contributed by atoms with E-state index in [-0.39, 0.29) is 31.6 Å². The molecule has 1 radical (unpaired) electrons. The first kappa shape index (κ1) is 22.0. The fourth-order valence-electron chi connectivity index (χ4n) is 1.58. The van der Waals surface area contributed by atoms with Crippen molar-refractivity contribution in [3.05, 3.63) is 66.1 Å². The first-order valence-electron chi connectivity index (χ1n) is 6.58. The molecule has 24 heavy (non-hydrogen) atoms. The Labute approximate surface area is 151 Å². The Morgan fingerprint density at radius 1 is 1.21 bits per heavy atom. The van der Waals surface area contributed by atoms with Crippen LogP contribution in [0.3, 0.4) is 0 Å². The number of carbonyl (C=O) groups excluding carboxylic acids is 1. The van der Waals surface area contributed by atoms with Crippen LogP contribution < -0.4 is 0 Å². The molecule has 1 N–H and O–H groups in total. The molecule has 0 aliphatic heterocycles. The van der Waals surface area contributed by atoms with Crippen LogP contribution in [0.25, 0.3) is 11.3 Å². The van der Waals surface area contributed by atoms with Gasteiger partial charge in [0.05, 0.1) is 5.76 Å². The standard InChI is InChI=1S/C12H7F3N.C5H8O2.Ir/c13-12(14,15)10-6-4-9(5-7-10)11-3-1-2-8-16-11;1-4(6)3-5(2)7;/h1-4,6-8H;3,6H,1-2H3;/q-1;;/b;4-3-;. The van der Waals surface area contributed by atoms with Crippen LogP contribution in [0.4, 0.5) is 13.2 Å². The molecule has 131 valence electrons. The monoisotopic (exact) mass is 515 g/mol. The number of carbonyl (C=O) groups is 1. The summed E-state index contributed by atoms with van der Waals surface area (Å²) in [5.41, 5.74) is 0.456. The number of alkyl halides is 3. The van der Waals surface area contributed by atoms with Gasteiger partial charge in [-0.05, 0) is 31.2 Å². The average Bonchev–Trinajstić information content (AvgIpc) is 2.47. The molecule has 1 aromatic carbocycles. The Balaban J connectivity index is 0.000000570. The molecule has 0 amide bonds. The summed E-state index contributed by atoms with van der Waals surface area (Å²) in [7, 11) is 0. The van der Waals surface area contributed by atoms with Gasteiger partial charge in [-0.1, -0.05) is 12.1 Å². The second-order valence-electron chi connectivity index (χ2n) is 4.60. The molecule has 0 bridgehead atoms. The summed E-state index contributed by atoms with van der Waals surface area (Å²) in [6.07, 6.45) is -1.57. The van der Waals surface area contributed by atoms with Crippen molar-refractivity contribution in [3.63, 3.8) is 0 Å². The van der Waals surface area contributed by atoms with E-state index in [4.69, 9.17) is 5.11 Å². The Morgan fingerprint density at radius 2 is 1.88 bits per heavy atom. The molecule has 0 atom stereocenters. The summed E-state index contributed by atoms with van der Waals surface area (Å²) in [4.78, 5) is 14.0. The van der Waals surface area contributed by atoms with Gasteiger partial charge in [0.15, 0.2) is 5.78 Å². The van der Waals surface area contributed by atoms with Crippen molar-refractivity contribution in [3.8, 4) is 11.3 Å². The van der Waals surface area contributed by atoms with Gasteiger partial charge in [-0.25, -0.2) is 0 Å². The van der Waals surface area contributed by atoms with E-state index in [0.29, 0.717) is 11.3 Å². The molecule has 0 fully saturated rings. The quantitative estimate of drug-likeness (QED) is 0.362. The van der Waals surface area contributed by atoms with Crippen molar-refractivity contribution in [1.82, 2.24) is 4.98 Å². The van der Waals surface area contributed by atoms with Crippen LogP contribution in [0.15, 0.2) is 54.4 Å². The summed E-state index contributed by atoms with van der Waals surface area (Å²) in [5, 5.41) is 8.36. The zero-order valence-corrected chi connectivity index (χ0v) is 15.3. The maximum Gasteiger partial charge on any atom is 0.381 e. The van der Waals surface area contributed by atoms with Gasteiger partial charge in [0, 0.05) is 32.4 Å². The van der Waals surface area contributed by atoms with Gasteiger partial charge in [-0.2, -0.15) is 13.2 Å². The largest absolute Gasteiger partial charge is 0.512 e. The van der Waals surface area contributed by atoms with Crippen LogP contribution in [-0.2, 0) is 31.1 Å². The number of hydrogen-bond donors (Lipinski definition) is 1. The van der Waals surface area contributed by atoms with Crippen LogP contribution in [0.2, 0.25) is 0 Å². The molecule has 0 aliphatic rings. The van der Waals surface area contributed by atoms with E-state index in [0.717, 1.165) is 12.1 Å². The molecule has 1 aromatic heterocycles. The molecule has 2 aromatic rings. The molecular weight excluding hydrogens is 499 g/mol. The number of ketones is 1. The third kappa shape index (κ3) is 8.04. The van der Waals surface area contributed by atoms with Crippen molar-refractivity contribution in [1.29, 1.82) is 0 Å². The van der Waals surface area contributed by atoms with Crippen molar-refractivity contribution < 1.29 is 43.2 Å². The Kier molecular flexibility index (Phi) is 9.18. The summed E-state index contributed by atoms with van der Waals surface area (Å²) in [6, 6.07) is 11.1. The smallest absolute Gasteiger partial charge is 0.381 e. The van der Waals surface area contributed by atoms with Crippen LogP contribution >= 0.6 is 0 Å². The van der Waals surface area contributed by atoms with Gasteiger partial charge in [0.1, 0.15) is 0 Å². The van der Waals surface area contributed by atoms with E-state index < -0.39 is 11.7 Å². The van der Waals surface area contributed by atoms with Crippen LogP contribution in [-0.4, -0.2) is 15.9 Å². The third-order valence-electron chi connectivity index (χ3n) is 2.49. The van der Waals surface area contributed by atoms with Crippen molar-refractivity contribution >= 4 is 5.78 Å². The predicted octanol–water partition coefficient (Wildman–Crippen LogP) is 4.60. The maximum atomic E-state index is 12.3. The first-order chi connectivity index (χ1) is 10.7. The van der Waals surface area contributed by atoms with Gasteiger partial charge in [0.2, 0.25) is 0 Å². The number of aromatic nitrogens is 1. The number of aliphatic hydroxyl groups excluding tert-OH is 1. The number of allylic oxidation sites excluding steroid dienone is 2. The van der Waals surface area contributed by atoms with Gasteiger partial charge >= 0.3 is 6.18 Å². The van der Waals surface area contributed by atoms with E-state index in [9.17, 15) is 18.0 Å². The number of nitrogens with zero attached hydrogens (tertiary/aromatic N) is 1. The van der Waals surface area contributed by atoms with Crippen LogP contribution in [0.5, 0.6) is 0 Å². The number of hydrogen-bond acceptors (Lipinski definition) is 3. The molecule has 7 heteroatoms. The van der Waals surface area contributed by atoms with Crippen molar-refractivity contribution in [2.24, 2.45) is 0 Å². The molecule has 0 saturated carbocycles. The summed E-state index contributed by atoms with van der Waals surface area (Å²) in [5.74, 6) is -0.0625. The number of pyridine rings is 1. The van der Waals surface area contributed by atoms with Crippen LogP contribution in [0.1, 0.15) is 19.4 Å². The first-order valence-corrected chi connectivity index (χ1v) is 6.58. The van der Waals surface area contributed by atoms with Gasteiger partial charge in [0.25, 0.3) is 0 Å². The topological polar surface area (TPSA) is 50.2 Å². The van der Waals surface area contributed by atoms with E-state index in [2.05, 4.69) is 11.1 Å². The van der Waals surface area contributed by atoms with Crippen LogP contribution in [0, 0.1) is 6.07 Å². The maximum absolute atomic E-state index is 12.3. The minimum atomic E-state index is -4.32. The molecular formula is C17H15F3IrNO2-. The van der Waals surface area contributed by atoms with Gasteiger partial charge < -0.3 is 10.1 Å². The number of halogens is 3. The number of aliphatic hydroxyl groups is 1. The molecule has 0 spiro atoms. The molecule has 2 rings (SSSR count). The zero-order chi connectivity index (χ0) is 17.5. The fourth-order valence-corrected chi connectivity index (χ4v) is 1.58. The number of benzene rings is 1. The minimum absolute atomic E-state index is 0.